The molecule has 20 heavy (non-hydrogen) atoms. The maximum Gasteiger partial charge on any atom is 0.328 e. The first kappa shape index (κ1) is 14.0. The zero-order chi connectivity index (χ0) is 14.7. The summed E-state index contributed by atoms with van der Waals surface area (Å²) in [5.41, 5.74) is -1.18. The smallest absolute Gasteiger partial charge is 0.328 e. The fourth-order valence-electron chi connectivity index (χ4n) is 2.38. The molecule has 2 heterocycles. The Morgan fingerprint density at radius 2 is 2.15 bits per heavy atom. The fraction of sp³-hybridized carbons (Fsp3) is 0.500. The number of aromatic nitrogens is 2. The van der Waals surface area contributed by atoms with E-state index in [0.717, 1.165) is 17.1 Å². The van der Waals surface area contributed by atoms with Crippen molar-refractivity contribution in [2.45, 2.75) is 31.8 Å². The Bertz CT molecular complexity index is 632. The van der Waals surface area contributed by atoms with Crippen LogP contribution in [0.5, 0.6) is 0 Å². The number of rotatable bonds is 4. The number of carbonyl (C=O) groups is 2. The Hall–Kier alpha value is -2.38. The van der Waals surface area contributed by atoms with Crippen LogP contribution in [-0.2, 0) is 16.1 Å². The number of hydrogen-bond donors (Lipinski definition) is 2. The van der Waals surface area contributed by atoms with Gasteiger partial charge in [0.2, 0.25) is 5.91 Å². The van der Waals surface area contributed by atoms with Crippen molar-refractivity contribution in [1.82, 2.24) is 14.5 Å². The normalized spacial score (nSPS) is 18.2. The van der Waals surface area contributed by atoms with E-state index in [1.807, 2.05) is 0 Å². The molecular formula is C12H15N3O5. The lowest BCUT2D eigenvalue weighted by Gasteiger charge is -2.23. The highest BCUT2D eigenvalue weighted by Crippen LogP contribution is 2.20. The van der Waals surface area contributed by atoms with Crippen molar-refractivity contribution in [1.29, 1.82) is 0 Å². The number of nitrogens with zero attached hydrogens (tertiary/aromatic N) is 2. The van der Waals surface area contributed by atoms with E-state index in [4.69, 9.17) is 5.11 Å². The average Bonchev–Trinajstić information content (AvgIpc) is 2.80. The van der Waals surface area contributed by atoms with Crippen LogP contribution >= 0.6 is 0 Å². The standard InChI is InChI=1S/C12H15N3O5/c16-9-3-5-14(12(20)13-9)7-10(17)15-4-1-2-8(15)6-11(18)19/h3,5,8H,1-2,4,6-7H2,(H,18,19)(H,13,16,20). The zero-order valence-electron chi connectivity index (χ0n) is 10.7. The van der Waals surface area contributed by atoms with Gasteiger partial charge in [0.15, 0.2) is 0 Å². The van der Waals surface area contributed by atoms with Gasteiger partial charge in [0.25, 0.3) is 5.56 Å². The first-order chi connectivity index (χ1) is 9.47. The van der Waals surface area contributed by atoms with E-state index in [2.05, 4.69) is 4.98 Å². The molecule has 1 aromatic heterocycles. The van der Waals surface area contributed by atoms with Gasteiger partial charge >= 0.3 is 11.7 Å². The summed E-state index contributed by atoms with van der Waals surface area (Å²) in [6.07, 6.45) is 2.57. The van der Waals surface area contributed by atoms with Crippen LogP contribution in [-0.4, -0.2) is 44.0 Å². The molecule has 1 aromatic rings. The van der Waals surface area contributed by atoms with Gasteiger partial charge < -0.3 is 10.0 Å². The van der Waals surface area contributed by atoms with E-state index in [1.165, 1.54) is 11.1 Å². The molecule has 1 unspecified atom stereocenters. The van der Waals surface area contributed by atoms with E-state index in [0.29, 0.717) is 13.0 Å². The van der Waals surface area contributed by atoms with Gasteiger partial charge in [-0.05, 0) is 12.8 Å². The van der Waals surface area contributed by atoms with Crippen molar-refractivity contribution in [3.8, 4) is 0 Å². The Morgan fingerprint density at radius 3 is 2.80 bits per heavy atom. The van der Waals surface area contributed by atoms with E-state index in [-0.39, 0.29) is 24.9 Å². The molecule has 0 spiro atoms. The van der Waals surface area contributed by atoms with Crippen molar-refractivity contribution in [2.75, 3.05) is 6.54 Å². The number of H-pyrrole nitrogens is 1. The molecule has 8 heteroatoms. The second kappa shape index (κ2) is 5.72. The molecule has 1 amide bonds. The van der Waals surface area contributed by atoms with Crippen molar-refractivity contribution >= 4 is 11.9 Å². The van der Waals surface area contributed by atoms with Gasteiger partial charge in [-0.1, -0.05) is 0 Å². The van der Waals surface area contributed by atoms with Crippen LogP contribution in [0, 0.1) is 0 Å². The third-order valence-electron chi connectivity index (χ3n) is 3.31. The predicted octanol–water partition coefficient (Wildman–Crippen LogP) is -0.998. The molecule has 108 valence electrons. The molecule has 0 aromatic carbocycles. The number of hydrogen-bond acceptors (Lipinski definition) is 4. The Balaban J connectivity index is 2.09. The average molecular weight is 281 g/mol. The molecule has 1 aliphatic heterocycles. The number of carbonyl (C=O) groups excluding carboxylic acids is 1. The minimum Gasteiger partial charge on any atom is -0.481 e. The summed E-state index contributed by atoms with van der Waals surface area (Å²) in [6.45, 7) is 0.292. The number of aliphatic carboxylic acids is 1. The third kappa shape index (κ3) is 3.14. The van der Waals surface area contributed by atoms with Crippen LogP contribution in [0.4, 0.5) is 0 Å². The van der Waals surface area contributed by atoms with Gasteiger partial charge in [-0.3, -0.25) is 23.9 Å². The molecule has 1 atom stereocenters. The summed E-state index contributed by atoms with van der Waals surface area (Å²) >= 11 is 0. The minimum absolute atomic E-state index is 0.0910. The lowest BCUT2D eigenvalue weighted by molar-refractivity contribution is -0.140. The molecule has 1 aliphatic rings. The lowest BCUT2D eigenvalue weighted by Crippen LogP contribution is -2.41. The van der Waals surface area contributed by atoms with Crippen LogP contribution in [0.15, 0.2) is 21.9 Å². The van der Waals surface area contributed by atoms with E-state index in [9.17, 15) is 19.2 Å². The lowest BCUT2D eigenvalue weighted by atomic mass is 10.1. The van der Waals surface area contributed by atoms with Crippen LogP contribution in [0.2, 0.25) is 0 Å². The first-order valence-electron chi connectivity index (χ1n) is 6.28. The van der Waals surface area contributed by atoms with Crippen molar-refractivity contribution in [3.05, 3.63) is 33.1 Å². The van der Waals surface area contributed by atoms with Crippen LogP contribution in [0.25, 0.3) is 0 Å². The quantitative estimate of drug-likeness (QED) is 0.735. The number of nitrogens with one attached hydrogen (secondary N) is 1. The number of aromatic amines is 1. The molecule has 8 nitrogen and oxygen atoms in total. The van der Waals surface area contributed by atoms with Gasteiger partial charge in [-0.2, -0.15) is 0 Å². The Morgan fingerprint density at radius 1 is 1.40 bits per heavy atom. The van der Waals surface area contributed by atoms with Crippen LogP contribution in [0.1, 0.15) is 19.3 Å². The highest BCUT2D eigenvalue weighted by atomic mass is 16.4. The molecule has 0 bridgehead atoms. The molecule has 2 N–H and O–H groups in total. The second-order valence-electron chi connectivity index (χ2n) is 4.72. The largest absolute Gasteiger partial charge is 0.481 e. The van der Waals surface area contributed by atoms with Gasteiger partial charge in [-0.25, -0.2) is 4.79 Å². The minimum atomic E-state index is -0.948. The molecule has 1 fully saturated rings. The topological polar surface area (TPSA) is 112 Å². The number of likely N-dealkylation sites (tertiary alicyclic amines) is 1. The molecule has 0 radical (unpaired) electrons. The van der Waals surface area contributed by atoms with Gasteiger partial charge in [0, 0.05) is 24.8 Å². The number of carboxylic acids is 1. The predicted molar refractivity (Wildman–Crippen MR) is 68.3 cm³/mol. The van der Waals surface area contributed by atoms with E-state index in [1.54, 1.807) is 0 Å². The second-order valence-corrected chi connectivity index (χ2v) is 4.72. The summed E-state index contributed by atoms with van der Waals surface area (Å²) in [5, 5.41) is 8.80. The monoisotopic (exact) mass is 281 g/mol. The zero-order valence-corrected chi connectivity index (χ0v) is 10.7. The van der Waals surface area contributed by atoms with Crippen molar-refractivity contribution < 1.29 is 14.7 Å². The highest BCUT2D eigenvalue weighted by molar-refractivity contribution is 5.77. The summed E-state index contributed by atoms with van der Waals surface area (Å²) in [5.74, 6) is -1.26. The maximum absolute atomic E-state index is 12.1. The van der Waals surface area contributed by atoms with Gasteiger partial charge in [0.05, 0.1) is 6.42 Å². The van der Waals surface area contributed by atoms with E-state index < -0.39 is 17.2 Å². The van der Waals surface area contributed by atoms with E-state index >= 15 is 0 Å². The van der Waals surface area contributed by atoms with Crippen molar-refractivity contribution in [2.24, 2.45) is 0 Å². The Labute approximate surface area is 113 Å². The molecular weight excluding hydrogens is 266 g/mol. The Kier molecular flexibility index (Phi) is 4.02. The summed E-state index contributed by atoms with van der Waals surface area (Å²) in [4.78, 5) is 48.8. The SMILES string of the molecule is O=C(O)CC1CCCN1C(=O)Cn1ccc(=O)[nH]c1=O. The third-order valence-corrected chi connectivity index (χ3v) is 3.31. The van der Waals surface area contributed by atoms with Gasteiger partial charge in [-0.15, -0.1) is 0 Å². The maximum atomic E-state index is 12.1. The fourth-order valence-corrected chi connectivity index (χ4v) is 2.38. The number of carboxylic acid groups (broad SMARTS) is 1. The molecule has 0 saturated carbocycles. The molecule has 1 saturated heterocycles. The van der Waals surface area contributed by atoms with Crippen molar-refractivity contribution in [3.63, 3.8) is 0 Å². The van der Waals surface area contributed by atoms with Crippen LogP contribution < -0.4 is 11.2 Å². The van der Waals surface area contributed by atoms with Gasteiger partial charge in [0.1, 0.15) is 6.54 Å². The summed E-state index contributed by atoms with van der Waals surface area (Å²) in [6, 6.07) is 0.839. The number of amides is 1. The first-order valence-corrected chi connectivity index (χ1v) is 6.28. The molecule has 2 rings (SSSR count). The summed E-state index contributed by atoms with van der Waals surface area (Å²) < 4.78 is 1.10. The summed E-state index contributed by atoms with van der Waals surface area (Å²) in [7, 11) is 0. The highest BCUT2D eigenvalue weighted by Gasteiger charge is 2.30. The van der Waals surface area contributed by atoms with Crippen LogP contribution in [0.3, 0.4) is 0 Å². The molecule has 0 aliphatic carbocycles.